The predicted molar refractivity (Wildman–Crippen MR) is 74.2 cm³/mol. The Morgan fingerprint density at radius 2 is 2.20 bits per heavy atom. The molecule has 0 amide bonds. The minimum Gasteiger partial charge on any atom is -0.497 e. The predicted octanol–water partition coefficient (Wildman–Crippen LogP) is 1.11. The molecule has 0 fully saturated rings. The molecule has 0 aliphatic carbocycles. The normalized spacial score (nSPS) is 11.9. The van der Waals surface area contributed by atoms with Gasteiger partial charge in [-0.2, -0.15) is 0 Å². The Bertz CT molecular complexity index is 882. The van der Waals surface area contributed by atoms with Gasteiger partial charge in [0.05, 0.1) is 19.0 Å². The van der Waals surface area contributed by atoms with Crippen molar-refractivity contribution in [2.75, 3.05) is 7.11 Å². The van der Waals surface area contributed by atoms with Gasteiger partial charge in [-0.3, -0.25) is 0 Å². The molecule has 0 radical (unpaired) electrons. The lowest BCUT2D eigenvalue weighted by atomic mass is 10.1. The molecule has 0 unspecified atom stereocenters. The van der Waals surface area contributed by atoms with Crippen LogP contribution < -0.4 is 9.88 Å². The van der Waals surface area contributed by atoms with Gasteiger partial charge in [0.15, 0.2) is 0 Å². The molecule has 0 atom stereocenters. The summed E-state index contributed by atoms with van der Waals surface area (Å²) < 4.78 is 29.1. The number of aromatic nitrogens is 3. The highest BCUT2D eigenvalue weighted by Gasteiger charge is 2.18. The Balaban J connectivity index is 2.18. The average molecular weight is 310 g/mol. The van der Waals surface area contributed by atoms with Crippen LogP contribution in [0.5, 0.6) is 5.75 Å². The number of hydrogen-bond acceptors (Lipinski definition) is 6. The van der Waals surface area contributed by atoms with Gasteiger partial charge in [-0.15, -0.1) is 5.10 Å². The van der Waals surface area contributed by atoms with Crippen LogP contribution in [0.2, 0.25) is 0 Å². The molecule has 0 saturated carbocycles. The van der Waals surface area contributed by atoms with Gasteiger partial charge in [-0.05, 0) is 12.1 Å². The van der Waals surface area contributed by atoms with Crippen LogP contribution in [0.25, 0.3) is 16.2 Å². The Labute approximate surface area is 118 Å². The van der Waals surface area contributed by atoms with E-state index < -0.39 is 10.0 Å². The Morgan fingerprint density at radius 1 is 1.40 bits per heavy atom. The fourth-order valence-corrected chi connectivity index (χ4v) is 3.26. The van der Waals surface area contributed by atoms with E-state index in [1.807, 2.05) is 24.3 Å². The SMILES string of the molecule is COc1cccc(-c2cnc3sc(S(N)(=O)=O)nn23)c1. The van der Waals surface area contributed by atoms with Crippen molar-refractivity contribution in [1.29, 1.82) is 0 Å². The largest absolute Gasteiger partial charge is 0.497 e. The molecule has 0 bridgehead atoms. The van der Waals surface area contributed by atoms with Crippen molar-refractivity contribution >= 4 is 26.3 Å². The van der Waals surface area contributed by atoms with Gasteiger partial charge >= 0.3 is 0 Å². The van der Waals surface area contributed by atoms with E-state index in [2.05, 4.69) is 10.1 Å². The van der Waals surface area contributed by atoms with Crippen molar-refractivity contribution < 1.29 is 13.2 Å². The first-order chi connectivity index (χ1) is 9.49. The molecule has 9 heteroatoms. The van der Waals surface area contributed by atoms with Gasteiger partial charge in [0.1, 0.15) is 5.75 Å². The van der Waals surface area contributed by atoms with Crippen molar-refractivity contribution in [3.8, 4) is 17.0 Å². The van der Waals surface area contributed by atoms with Gasteiger partial charge in [0, 0.05) is 5.56 Å². The Kier molecular flexibility index (Phi) is 2.96. The van der Waals surface area contributed by atoms with Gasteiger partial charge in [-0.25, -0.2) is 23.1 Å². The van der Waals surface area contributed by atoms with Crippen LogP contribution in [0.4, 0.5) is 0 Å². The Hall–Kier alpha value is -1.97. The van der Waals surface area contributed by atoms with Crippen molar-refractivity contribution in [3.05, 3.63) is 30.5 Å². The summed E-state index contributed by atoms with van der Waals surface area (Å²) >= 11 is 0.926. The molecular weight excluding hydrogens is 300 g/mol. The number of sulfonamides is 1. The summed E-state index contributed by atoms with van der Waals surface area (Å²) in [5, 5.41) is 9.07. The first-order valence-electron chi connectivity index (χ1n) is 5.51. The van der Waals surface area contributed by atoms with Crippen LogP contribution in [-0.2, 0) is 10.0 Å². The fourth-order valence-electron chi connectivity index (χ4n) is 1.77. The van der Waals surface area contributed by atoms with E-state index in [4.69, 9.17) is 9.88 Å². The number of ether oxygens (including phenoxy) is 1. The molecule has 20 heavy (non-hydrogen) atoms. The van der Waals surface area contributed by atoms with Gasteiger partial charge in [0.25, 0.3) is 10.0 Å². The Morgan fingerprint density at radius 3 is 2.90 bits per heavy atom. The number of hydrogen-bond donors (Lipinski definition) is 1. The number of benzene rings is 1. The van der Waals surface area contributed by atoms with E-state index in [1.54, 1.807) is 13.3 Å². The van der Waals surface area contributed by atoms with Crippen LogP contribution >= 0.6 is 11.3 Å². The lowest BCUT2D eigenvalue weighted by Gasteiger charge is -2.02. The first-order valence-corrected chi connectivity index (χ1v) is 7.87. The second kappa shape index (κ2) is 4.54. The third-order valence-corrected chi connectivity index (χ3v) is 4.91. The van der Waals surface area contributed by atoms with Crippen molar-refractivity contribution in [1.82, 2.24) is 14.6 Å². The van der Waals surface area contributed by atoms with E-state index in [1.165, 1.54) is 4.52 Å². The number of nitrogens with zero attached hydrogens (tertiary/aromatic N) is 3. The summed E-state index contributed by atoms with van der Waals surface area (Å²) in [5.74, 6) is 0.694. The van der Waals surface area contributed by atoms with Crippen molar-refractivity contribution in [2.24, 2.45) is 5.14 Å². The molecule has 3 aromatic rings. The zero-order valence-corrected chi connectivity index (χ0v) is 12.0. The zero-order chi connectivity index (χ0) is 14.3. The number of imidazole rings is 1. The van der Waals surface area contributed by atoms with E-state index in [9.17, 15) is 8.42 Å². The number of methoxy groups -OCH3 is 1. The smallest absolute Gasteiger partial charge is 0.267 e. The summed E-state index contributed by atoms with van der Waals surface area (Å²) in [5.41, 5.74) is 1.49. The maximum Gasteiger partial charge on any atom is 0.267 e. The summed E-state index contributed by atoms with van der Waals surface area (Å²) in [6.45, 7) is 0. The highest BCUT2D eigenvalue weighted by Crippen LogP contribution is 2.27. The number of fused-ring (bicyclic) bond motifs is 1. The average Bonchev–Trinajstić information content (AvgIpc) is 2.97. The standard InChI is InChI=1S/C11H10N4O3S2/c1-18-8-4-2-3-7(5-8)9-6-13-10-15(9)14-11(19-10)20(12,16)17/h2-6H,1H3,(H2,12,16,17). The molecule has 2 aromatic heterocycles. The highest BCUT2D eigenvalue weighted by atomic mass is 32.2. The molecule has 0 spiro atoms. The highest BCUT2D eigenvalue weighted by molar-refractivity contribution is 7.91. The summed E-state index contributed by atoms with van der Waals surface area (Å²) in [6.07, 6.45) is 1.63. The molecule has 3 rings (SSSR count). The molecule has 1 aromatic carbocycles. The van der Waals surface area contributed by atoms with Crippen LogP contribution in [0, 0.1) is 0 Å². The second-order valence-corrected chi connectivity index (χ2v) is 6.67. The molecule has 2 N–H and O–H groups in total. The molecule has 0 aliphatic rings. The number of nitrogens with two attached hydrogens (primary N) is 1. The third-order valence-electron chi connectivity index (χ3n) is 2.68. The quantitative estimate of drug-likeness (QED) is 0.781. The molecular formula is C11H10N4O3S2. The lowest BCUT2D eigenvalue weighted by molar-refractivity contribution is 0.415. The van der Waals surface area contributed by atoms with Crippen LogP contribution in [-0.4, -0.2) is 30.1 Å². The summed E-state index contributed by atoms with van der Waals surface area (Å²) in [7, 11) is -2.25. The van der Waals surface area contributed by atoms with E-state index in [0.717, 1.165) is 16.9 Å². The van der Waals surface area contributed by atoms with E-state index >= 15 is 0 Å². The zero-order valence-electron chi connectivity index (χ0n) is 10.3. The molecule has 104 valence electrons. The molecule has 0 aliphatic heterocycles. The van der Waals surface area contributed by atoms with Crippen LogP contribution in [0.1, 0.15) is 0 Å². The lowest BCUT2D eigenvalue weighted by Crippen LogP contribution is -2.12. The fraction of sp³-hybridized carbons (Fsp3) is 0.0909. The topological polar surface area (TPSA) is 99.6 Å². The number of rotatable bonds is 3. The van der Waals surface area contributed by atoms with Crippen LogP contribution in [0.3, 0.4) is 0 Å². The van der Waals surface area contributed by atoms with E-state index in [-0.39, 0.29) is 4.34 Å². The minimum atomic E-state index is -3.82. The summed E-state index contributed by atoms with van der Waals surface area (Å²) in [4.78, 5) is 4.61. The maximum absolute atomic E-state index is 11.3. The number of primary sulfonamides is 1. The van der Waals surface area contributed by atoms with Crippen LogP contribution in [0.15, 0.2) is 34.8 Å². The third kappa shape index (κ3) is 2.15. The second-order valence-electron chi connectivity index (χ2n) is 3.98. The van der Waals surface area contributed by atoms with Crippen molar-refractivity contribution in [2.45, 2.75) is 4.34 Å². The van der Waals surface area contributed by atoms with Gasteiger partial charge in [0.2, 0.25) is 9.30 Å². The minimum absolute atomic E-state index is 0.162. The molecule has 0 saturated heterocycles. The first kappa shape index (κ1) is 13.0. The monoisotopic (exact) mass is 310 g/mol. The van der Waals surface area contributed by atoms with Gasteiger partial charge < -0.3 is 4.74 Å². The maximum atomic E-state index is 11.3. The van der Waals surface area contributed by atoms with Crippen molar-refractivity contribution in [3.63, 3.8) is 0 Å². The van der Waals surface area contributed by atoms with E-state index in [0.29, 0.717) is 16.4 Å². The summed E-state index contributed by atoms with van der Waals surface area (Å²) in [6, 6.07) is 7.33. The molecule has 2 heterocycles. The van der Waals surface area contributed by atoms with Gasteiger partial charge in [-0.1, -0.05) is 23.5 Å². The molecule has 7 nitrogen and oxygen atoms in total.